The number of halogens is 1. The standard InChI is InChI=1S/C11H17BrN3O8P/c12-7-8(16)13-4-6-14(24(20,21)22)5-3-11(19)23-15-9(17)1-2-10(15)18/h1-7H2,(H,13,16)(H2,20,21,22). The van der Waals surface area contributed by atoms with E-state index in [1.807, 2.05) is 0 Å². The Bertz CT molecular complexity index is 549. The Kier molecular flexibility index (Phi) is 7.97. The molecule has 0 aliphatic carbocycles. The van der Waals surface area contributed by atoms with Crippen LogP contribution in [0.3, 0.4) is 0 Å². The van der Waals surface area contributed by atoms with Crippen molar-refractivity contribution in [3.8, 4) is 0 Å². The number of carbonyl (C=O) groups excluding carboxylic acids is 4. The number of rotatable bonds is 9. The Morgan fingerprint density at radius 3 is 2.33 bits per heavy atom. The first-order chi connectivity index (χ1) is 11.1. The molecule has 0 radical (unpaired) electrons. The van der Waals surface area contributed by atoms with E-state index in [0.29, 0.717) is 9.73 Å². The molecule has 0 aromatic carbocycles. The van der Waals surface area contributed by atoms with Gasteiger partial charge in [0, 0.05) is 32.5 Å². The summed E-state index contributed by atoms with van der Waals surface area (Å²) in [6.07, 6.45) is -0.545. The lowest BCUT2D eigenvalue weighted by molar-refractivity contribution is -0.197. The highest BCUT2D eigenvalue weighted by molar-refractivity contribution is 9.09. The summed E-state index contributed by atoms with van der Waals surface area (Å²) in [6, 6.07) is 0. The minimum atomic E-state index is -4.65. The van der Waals surface area contributed by atoms with Gasteiger partial charge in [-0.2, -0.15) is 0 Å². The second-order valence-electron chi connectivity index (χ2n) is 4.75. The largest absolute Gasteiger partial charge is 0.403 e. The van der Waals surface area contributed by atoms with Crippen LogP contribution in [-0.2, 0) is 28.6 Å². The number of hydrogen-bond acceptors (Lipinski definition) is 6. The number of alkyl halides is 1. The number of imide groups is 1. The molecule has 1 fully saturated rings. The van der Waals surface area contributed by atoms with Gasteiger partial charge in [0.25, 0.3) is 11.8 Å². The van der Waals surface area contributed by atoms with Gasteiger partial charge in [0.1, 0.15) is 0 Å². The maximum Gasteiger partial charge on any atom is 0.403 e. The first-order valence-corrected chi connectivity index (χ1v) is 9.54. The molecule has 3 N–H and O–H groups in total. The molecule has 3 amide bonds. The highest BCUT2D eigenvalue weighted by atomic mass is 79.9. The van der Waals surface area contributed by atoms with Gasteiger partial charge in [-0.25, -0.2) is 14.0 Å². The summed E-state index contributed by atoms with van der Waals surface area (Å²) in [4.78, 5) is 68.3. The number of nitrogens with zero attached hydrogens (tertiary/aromatic N) is 2. The molecule has 1 heterocycles. The van der Waals surface area contributed by atoms with E-state index in [9.17, 15) is 33.5 Å². The van der Waals surface area contributed by atoms with E-state index in [0.717, 1.165) is 0 Å². The van der Waals surface area contributed by atoms with E-state index in [1.165, 1.54) is 0 Å². The molecule has 0 aromatic rings. The molecule has 0 atom stereocenters. The average molecular weight is 430 g/mol. The Labute approximate surface area is 145 Å². The third kappa shape index (κ3) is 6.65. The quantitative estimate of drug-likeness (QED) is 0.235. The van der Waals surface area contributed by atoms with Gasteiger partial charge in [0.05, 0.1) is 11.8 Å². The van der Waals surface area contributed by atoms with E-state index in [2.05, 4.69) is 26.1 Å². The molecule has 0 spiro atoms. The minimum absolute atomic E-state index is 0.0340. The van der Waals surface area contributed by atoms with Gasteiger partial charge in [-0.05, 0) is 0 Å². The average Bonchev–Trinajstić information content (AvgIpc) is 2.80. The second-order valence-corrected chi connectivity index (χ2v) is 6.90. The molecule has 0 saturated carbocycles. The van der Waals surface area contributed by atoms with Gasteiger partial charge in [-0.3, -0.25) is 14.4 Å². The van der Waals surface area contributed by atoms with Crippen LogP contribution in [0, 0.1) is 0 Å². The molecular formula is C11H17BrN3O8P. The molecule has 1 aliphatic heterocycles. The van der Waals surface area contributed by atoms with Gasteiger partial charge in [-0.1, -0.05) is 15.9 Å². The Balaban J connectivity index is 2.47. The second kappa shape index (κ2) is 9.23. The van der Waals surface area contributed by atoms with Crippen molar-refractivity contribution in [2.45, 2.75) is 19.3 Å². The molecule has 1 rings (SSSR count). The zero-order valence-electron chi connectivity index (χ0n) is 12.5. The van der Waals surface area contributed by atoms with Crippen LogP contribution in [0.15, 0.2) is 0 Å². The van der Waals surface area contributed by atoms with Gasteiger partial charge in [0.15, 0.2) is 0 Å². The fourth-order valence-corrected chi connectivity index (χ4v) is 2.69. The predicted molar refractivity (Wildman–Crippen MR) is 82.2 cm³/mol. The summed E-state index contributed by atoms with van der Waals surface area (Å²) >= 11 is 2.92. The van der Waals surface area contributed by atoms with E-state index < -0.39 is 32.0 Å². The van der Waals surface area contributed by atoms with Crippen molar-refractivity contribution in [1.82, 2.24) is 15.1 Å². The van der Waals surface area contributed by atoms with E-state index in [-0.39, 0.29) is 43.7 Å². The lowest BCUT2D eigenvalue weighted by Gasteiger charge is -2.22. The van der Waals surface area contributed by atoms with Crippen LogP contribution < -0.4 is 5.32 Å². The molecule has 1 saturated heterocycles. The Hall–Kier alpha value is -1.33. The molecule has 0 unspecified atom stereocenters. The molecule has 0 aromatic heterocycles. The summed E-state index contributed by atoms with van der Waals surface area (Å²) in [5, 5.41) is 2.82. The number of carbonyl (C=O) groups is 4. The molecule has 24 heavy (non-hydrogen) atoms. The highest BCUT2D eigenvalue weighted by Crippen LogP contribution is 2.39. The first-order valence-electron chi connectivity index (χ1n) is 6.85. The summed E-state index contributed by atoms with van der Waals surface area (Å²) in [5.74, 6) is -2.61. The van der Waals surface area contributed by atoms with Crippen molar-refractivity contribution >= 4 is 47.4 Å². The van der Waals surface area contributed by atoms with Crippen molar-refractivity contribution in [3.05, 3.63) is 0 Å². The van der Waals surface area contributed by atoms with Crippen LogP contribution in [0.1, 0.15) is 19.3 Å². The lowest BCUT2D eigenvalue weighted by Crippen LogP contribution is -2.36. The van der Waals surface area contributed by atoms with Crippen LogP contribution in [0.5, 0.6) is 0 Å². The van der Waals surface area contributed by atoms with Crippen LogP contribution in [0.25, 0.3) is 0 Å². The number of nitrogens with one attached hydrogen (secondary N) is 1. The van der Waals surface area contributed by atoms with Crippen LogP contribution in [0.2, 0.25) is 0 Å². The maximum absolute atomic E-state index is 11.6. The highest BCUT2D eigenvalue weighted by Gasteiger charge is 2.33. The monoisotopic (exact) mass is 429 g/mol. The smallest absolute Gasteiger partial charge is 0.354 e. The van der Waals surface area contributed by atoms with Crippen molar-refractivity contribution in [2.75, 3.05) is 25.0 Å². The molecule has 13 heteroatoms. The van der Waals surface area contributed by atoms with Crippen molar-refractivity contribution in [2.24, 2.45) is 0 Å². The van der Waals surface area contributed by atoms with Gasteiger partial charge in [-0.15, -0.1) is 5.06 Å². The Morgan fingerprint density at radius 1 is 1.25 bits per heavy atom. The summed E-state index contributed by atoms with van der Waals surface area (Å²) < 4.78 is 12.1. The predicted octanol–water partition coefficient (Wildman–Crippen LogP) is -1.11. The van der Waals surface area contributed by atoms with Crippen molar-refractivity contribution in [1.29, 1.82) is 0 Å². The molecule has 0 bridgehead atoms. The zero-order chi connectivity index (χ0) is 18.3. The van der Waals surface area contributed by atoms with E-state index >= 15 is 0 Å². The van der Waals surface area contributed by atoms with Gasteiger partial charge < -0.3 is 19.9 Å². The van der Waals surface area contributed by atoms with E-state index in [4.69, 9.17) is 0 Å². The number of hydroxylamine groups is 2. The fraction of sp³-hybridized carbons (Fsp3) is 0.636. The van der Waals surface area contributed by atoms with Crippen LogP contribution >= 0.6 is 23.7 Å². The zero-order valence-corrected chi connectivity index (χ0v) is 15.0. The third-order valence-electron chi connectivity index (χ3n) is 2.95. The topological polar surface area (TPSA) is 154 Å². The third-order valence-corrected chi connectivity index (χ3v) is 4.60. The molecule has 11 nitrogen and oxygen atoms in total. The SMILES string of the molecule is O=C(CBr)NCCN(CCC(=O)ON1C(=O)CCC1=O)P(=O)(O)O. The summed E-state index contributed by atoms with van der Waals surface area (Å²) in [6.45, 7) is -0.602. The Morgan fingerprint density at radius 2 is 1.83 bits per heavy atom. The number of amides is 3. The van der Waals surface area contributed by atoms with Gasteiger partial charge >= 0.3 is 13.7 Å². The summed E-state index contributed by atoms with van der Waals surface area (Å²) in [5.41, 5.74) is 0. The molecule has 1 aliphatic rings. The molecule has 136 valence electrons. The van der Waals surface area contributed by atoms with E-state index in [1.54, 1.807) is 0 Å². The lowest BCUT2D eigenvalue weighted by atomic mass is 10.4. The normalized spacial score (nSPS) is 15.1. The number of hydrogen-bond donors (Lipinski definition) is 3. The van der Waals surface area contributed by atoms with Crippen LogP contribution in [0.4, 0.5) is 0 Å². The minimum Gasteiger partial charge on any atom is -0.354 e. The fourth-order valence-electron chi connectivity index (χ4n) is 1.77. The maximum atomic E-state index is 11.6. The van der Waals surface area contributed by atoms with Crippen LogP contribution in [-0.4, -0.2) is 68.2 Å². The van der Waals surface area contributed by atoms with Crippen molar-refractivity contribution in [3.63, 3.8) is 0 Å². The first kappa shape index (κ1) is 20.7. The van der Waals surface area contributed by atoms with Gasteiger partial charge in [0.2, 0.25) is 5.91 Å². The molecular weight excluding hydrogens is 413 g/mol. The van der Waals surface area contributed by atoms with Crippen molar-refractivity contribution < 1.29 is 38.4 Å². The summed E-state index contributed by atoms with van der Waals surface area (Å²) in [7, 11) is -4.65.